The van der Waals surface area contributed by atoms with E-state index in [1.165, 1.54) is 0 Å². The molecule has 0 aromatic heterocycles. The molecule has 0 aliphatic heterocycles. The lowest BCUT2D eigenvalue weighted by Gasteiger charge is -2.15. The van der Waals surface area contributed by atoms with Crippen LogP contribution in [0.25, 0.3) is 0 Å². The van der Waals surface area contributed by atoms with Gasteiger partial charge in [-0.1, -0.05) is 20.8 Å². The molecule has 80 valence electrons. The summed E-state index contributed by atoms with van der Waals surface area (Å²) in [5.41, 5.74) is 0.00526. The van der Waals surface area contributed by atoms with E-state index in [0.29, 0.717) is 19.4 Å². The van der Waals surface area contributed by atoms with Gasteiger partial charge in [-0.15, -0.1) is 0 Å². The number of ketones is 1. The third-order valence-corrected chi connectivity index (χ3v) is 2.66. The van der Waals surface area contributed by atoms with Gasteiger partial charge in [0.15, 0.2) is 0 Å². The highest BCUT2D eigenvalue weighted by molar-refractivity contribution is 6.03. The van der Waals surface area contributed by atoms with Crippen LogP contribution in [0.5, 0.6) is 0 Å². The Hall–Kier alpha value is -0.860. The molecule has 1 atom stereocenters. The predicted molar refractivity (Wildman–Crippen MR) is 54.8 cm³/mol. The number of carbonyl (C=O) groups excluding carboxylic acids is 2. The van der Waals surface area contributed by atoms with Crippen LogP contribution in [0.1, 0.15) is 40.0 Å². The molecule has 0 aromatic rings. The molecular formula is C11H19NO2. The van der Waals surface area contributed by atoms with Gasteiger partial charge in [0, 0.05) is 13.0 Å². The molecular weight excluding hydrogens is 178 g/mol. The van der Waals surface area contributed by atoms with E-state index in [9.17, 15) is 9.59 Å². The van der Waals surface area contributed by atoms with Crippen molar-refractivity contribution in [1.82, 2.24) is 5.32 Å². The molecule has 3 heteroatoms. The fourth-order valence-electron chi connectivity index (χ4n) is 1.94. The van der Waals surface area contributed by atoms with Gasteiger partial charge in [0.05, 0.1) is 5.92 Å². The topological polar surface area (TPSA) is 46.2 Å². The molecule has 1 aliphatic carbocycles. The van der Waals surface area contributed by atoms with Crippen molar-refractivity contribution in [3.05, 3.63) is 0 Å². The molecule has 1 saturated carbocycles. The van der Waals surface area contributed by atoms with E-state index in [0.717, 1.165) is 6.42 Å². The molecule has 1 amide bonds. The molecule has 3 nitrogen and oxygen atoms in total. The monoisotopic (exact) mass is 197 g/mol. The number of hydrogen-bond donors (Lipinski definition) is 1. The highest BCUT2D eigenvalue weighted by atomic mass is 16.2. The molecule has 0 spiro atoms. The molecule has 1 fully saturated rings. The zero-order valence-electron chi connectivity index (χ0n) is 9.22. The van der Waals surface area contributed by atoms with E-state index < -0.39 is 5.92 Å². The van der Waals surface area contributed by atoms with Gasteiger partial charge in [0.1, 0.15) is 5.78 Å². The van der Waals surface area contributed by atoms with Crippen molar-refractivity contribution < 1.29 is 9.59 Å². The average molecular weight is 197 g/mol. The van der Waals surface area contributed by atoms with E-state index in [1.54, 1.807) is 0 Å². The van der Waals surface area contributed by atoms with Crippen molar-refractivity contribution in [2.24, 2.45) is 11.3 Å². The van der Waals surface area contributed by atoms with Gasteiger partial charge >= 0.3 is 0 Å². The van der Waals surface area contributed by atoms with Gasteiger partial charge in [-0.05, 0) is 18.3 Å². The summed E-state index contributed by atoms with van der Waals surface area (Å²) in [6.07, 6.45) is 2.15. The maximum absolute atomic E-state index is 11.6. The van der Waals surface area contributed by atoms with Crippen molar-refractivity contribution in [2.75, 3.05) is 6.54 Å². The summed E-state index contributed by atoms with van der Waals surface area (Å²) in [6, 6.07) is 0. The number of hydrogen-bond acceptors (Lipinski definition) is 2. The smallest absolute Gasteiger partial charge is 0.230 e. The number of rotatable bonds is 3. The van der Waals surface area contributed by atoms with E-state index in [1.807, 2.05) is 20.8 Å². The van der Waals surface area contributed by atoms with Crippen molar-refractivity contribution in [1.29, 1.82) is 0 Å². The molecule has 14 heavy (non-hydrogen) atoms. The summed E-state index contributed by atoms with van der Waals surface area (Å²) < 4.78 is 0. The normalized spacial score (nSPS) is 25.1. The molecule has 0 radical (unpaired) electrons. The minimum atomic E-state index is -0.392. The summed E-state index contributed by atoms with van der Waals surface area (Å²) in [5, 5.41) is 2.78. The van der Waals surface area contributed by atoms with Crippen LogP contribution in [-0.2, 0) is 9.59 Å². The molecule has 1 N–H and O–H groups in total. The second-order valence-corrected chi connectivity index (χ2v) is 4.86. The van der Waals surface area contributed by atoms with Crippen molar-refractivity contribution in [3.63, 3.8) is 0 Å². The van der Waals surface area contributed by atoms with Gasteiger partial charge in [-0.3, -0.25) is 9.59 Å². The lowest BCUT2D eigenvalue weighted by atomic mass is 9.90. The first kappa shape index (κ1) is 11.2. The van der Waals surface area contributed by atoms with Gasteiger partial charge in [-0.2, -0.15) is 0 Å². The first-order chi connectivity index (χ1) is 6.46. The Morgan fingerprint density at radius 3 is 2.64 bits per heavy atom. The summed E-state index contributed by atoms with van der Waals surface area (Å²) >= 11 is 0. The van der Waals surface area contributed by atoms with Crippen molar-refractivity contribution in [2.45, 2.75) is 40.0 Å². The third kappa shape index (κ3) is 2.56. The zero-order chi connectivity index (χ0) is 10.8. The maximum atomic E-state index is 11.6. The Morgan fingerprint density at radius 1 is 1.57 bits per heavy atom. The molecule has 0 aromatic carbocycles. The van der Waals surface area contributed by atoms with Crippen LogP contribution < -0.4 is 5.32 Å². The molecule has 0 saturated heterocycles. The summed E-state index contributed by atoms with van der Waals surface area (Å²) in [7, 11) is 0. The van der Waals surface area contributed by atoms with Crippen LogP contribution in [0.4, 0.5) is 0 Å². The fourth-order valence-corrected chi connectivity index (χ4v) is 1.94. The molecule has 0 heterocycles. The molecule has 1 unspecified atom stereocenters. The Morgan fingerprint density at radius 2 is 2.21 bits per heavy atom. The van der Waals surface area contributed by atoms with Gasteiger partial charge in [0.25, 0.3) is 0 Å². The van der Waals surface area contributed by atoms with Gasteiger partial charge in [0.2, 0.25) is 5.91 Å². The van der Waals surface area contributed by atoms with Crippen LogP contribution in [0.3, 0.4) is 0 Å². The highest BCUT2D eigenvalue weighted by Gasteiger charge is 2.41. The average Bonchev–Trinajstić information content (AvgIpc) is 2.35. The van der Waals surface area contributed by atoms with Gasteiger partial charge in [-0.25, -0.2) is 0 Å². The standard InChI is InChI=1S/C11H19NO2/c1-4-5-12-10(14)8-6-11(2,3)7-9(8)13/h8H,4-7H2,1-3H3,(H,12,14). The second kappa shape index (κ2) is 4.11. The Bertz CT molecular complexity index is 246. The van der Waals surface area contributed by atoms with Crippen LogP contribution >= 0.6 is 0 Å². The van der Waals surface area contributed by atoms with Gasteiger partial charge < -0.3 is 5.32 Å². The SMILES string of the molecule is CCCNC(=O)C1CC(C)(C)CC1=O. The Kier molecular flexibility index (Phi) is 3.29. The quantitative estimate of drug-likeness (QED) is 0.697. The molecule has 0 bridgehead atoms. The summed E-state index contributed by atoms with van der Waals surface area (Å²) in [5.74, 6) is -0.373. The van der Waals surface area contributed by atoms with Crippen LogP contribution in [0.2, 0.25) is 0 Å². The minimum Gasteiger partial charge on any atom is -0.355 e. The first-order valence-corrected chi connectivity index (χ1v) is 5.27. The number of carbonyl (C=O) groups is 2. The zero-order valence-corrected chi connectivity index (χ0v) is 9.22. The second-order valence-electron chi connectivity index (χ2n) is 4.86. The summed E-state index contributed by atoms with van der Waals surface area (Å²) in [6.45, 7) is 6.75. The summed E-state index contributed by atoms with van der Waals surface area (Å²) in [4.78, 5) is 23.1. The predicted octanol–water partition coefficient (Wildman–Crippen LogP) is 1.52. The van der Waals surface area contributed by atoms with Crippen LogP contribution in [0.15, 0.2) is 0 Å². The number of amides is 1. The molecule has 1 rings (SSSR count). The lowest BCUT2D eigenvalue weighted by Crippen LogP contribution is -2.33. The Labute approximate surface area is 85.3 Å². The minimum absolute atomic E-state index is 0.00526. The van der Waals surface area contributed by atoms with E-state index in [-0.39, 0.29) is 17.1 Å². The number of nitrogens with one attached hydrogen (secondary N) is 1. The first-order valence-electron chi connectivity index (χ1n) is 5.27. The largest absolute Gasteiger partial charge is 0.355 e. The number of Topliss-reactive ketones (excluding diaryl/α,β-unsaturated/α-hetero) is 1. The Balaban J connectivity index is 2.53. The van der Waals surface area contributed by atoms with E-state index >= 15 is 0 Å². The highest BCUT2D eigenvalue weighted by Crippen LogP contribution is 2.38. The maximum Gasteiger partial charge on any atom is 0.230 e. The molecule has 1 aliphatic rings. The lowest BCUT2D eigenvalue weighted by molar-refractivity contribution is -0.132. The van der Waals surface area contributed by atoms with Crippen molar-refractivity contribution >= 4 is 11.7 Å². The van der Waals surface area contributed by atoms with Crippen LogP contribution in [-0.4, -0.2) is 18.2 Å². The van der Waals surface area contributed by atoms with Crippen molar-refractivity contribution in [3.8, 4) is 0 Å². The van der Waals surface area contributed by atoms with E-state index in [4.69, 9.17) is 0 Å². The fraction of sp³-hybridized carbons (Fsp3) is 0.818. The van der Waals surface area contributed by atoms with E-state index in [2.05, 4.69) is 5.32 Å². The third-order valence-electron chi connectivity index (χ3n) is 2.66. The van der Waals surface area contributed by atoms with Crippen LogP contribution in [0, 0.1) is 11.3 Å².